The highest BCUT2D eigenvalue weighted by molar-refractivity contribution is 5.79. The maximum Gasteiger partial charge on any atom is 0.191 e. The second-order valence-corrected chi connectivity index (χ2v) is 7.64. The summed E-state index contributed by atoms with van der Waals surface area (Å²) < 4.78 is 5.28. The third kappa shape index (κ3) is 5.92. The second-order valence-electron chi connectivity index (χ2n) is 7.64. The predicted octanol–water partition coefficient (Wildman–Crippen LogP) is 2.87. The first-order valence-electron chi connectivity index (χ1n) is 9.27. The van der Waals surface area contributed by atoms with Gasteiger partial charge in [-0.15, -0.1) is 0 Å². The molecule has 0 saturated carbocycles. The first-order chi connectivity index (χ1) is 11.9. The lowest BCUT2D eigenvalue weighted by Crippen LogP contribution is -2.55. The summed E-state index contributed by atoms with van der Waals surface area (Å²) >= 11 is 0. The van der Waals surface area contributed by atoms with Crippen molar-refractivity contribution in [1.29, 1.82) is 0 Å². The number of likely N-dealkylation sites (tertiary alicyclic amines) is 1. The molecular formula is C20H34N4O. The number of rotatable bonds is 6. The van der Waals surface area contributed by atoms with Gasteiger partial charge in [-0.25, -0.2) is 0 Å². The van der Waals surface area contributed by atoms with Crippen LogP contribution in [0.4, 0.5) is 0 Å². The molecule has 2 N–H and O–H groups in total. The Morgan fingerprint density at radius 1 is 1.36 bits per heavy atom. The minimum absolute atomic E-state index is 0.113. The molecular weight excluding hydrogens is 312 g/mol. The van der Waals surface area contributed by atoms with Crippen molar-refractivity contribution < 1.29 is 4.74 Å². The molecule has 1 aromatic carbocycles. The van der Waals surface area contributed by atoms with Gasteiger partial charge in [0.15, 0.2) is 5.96 Å². The van der Waals surface area contributed by atoms with E-state index in [1.54, 1.807) is 7.11 Å². The van der Waals surface area contributed by atoms with Crippen molar-refractivity contribution in [3.8, 4) is 5.75 Å². The second kappa shape index (κ2) is 9.09. The average Bonchev–Trinajstić information content (AvgIpc) is 2.62. The molecule has 140 valence electrons. The van der Waals surface area contributed by atoms with Crippen LogP contribution >= 0.6 is 0 Å². The maximum absolute atomic E-state index is 5.28. The monoisotopic (exact) mass is 346 g/mol. The van der Waals surface area contributed by atoms with Crippen LogP contribution in [-0.2, 0) is 6.54 Å². The van der Waals surface area contributed by atoms with Gasteiger partial charge in [-0.05, 0) is 56.8 Å². The minimum Gasteiger partial charge on any atom is -0.497 e. The topological polar surface area (TPSA) is 48.9 Å². The Labute approximate surface area is 152 Å². The number of benzene rings is 1. The largest absolute Gasteiger partial charge is 0.497 e. The smallest absolute Gasteiger partial charge is 0.191 e. The fourth-order valence-corrected chi connectivity index (χ4v) is 3.34. The lowest BCUT2D eigenvalue weighted by Gasteiger charge is -2.43. The number of nitrogens with zero attached hydrogens (tertiary/aromatic N) is 2. The summed E-state index contributed by atoms with van der Waals surface area (Å²) in [5, 5.41) is 6.87. The van der Waals surface area contributed by atoms with E-state index in [0.29, 0.717) is 0 Å². The summed E-state index contributed by atoms with van der Waals surface area (Å²) in [6, 6.07) is 8.09. The van der Waals surface area contributed by atoms with E-state index in [1.165, 1.54) is 31.5 Å². The van der Waals surface area contributed by atoms with Crippen molar-refractivity contribution in [2.75, 3.05) is 33.8 Å². The Bertz CT molecular complexity index is 571. The van der Waals surface area contributed by atoms with Crippen molar-refractivity contribution in [2.45, 2.75) is 45.7 Å². The van der Waals surface area contributed by atoms with Crippen LogP contribution in [0.1, 0.15) is 39.2 Å². The Morgan fingerprint density at radius 2 is 2.16 bits per heavy atom. The average molecular weight is 347 g/mol. The number of methoxy groups -OCH3 is 1. The number of guanidine groups is 1. The summed E-state index contributed by atoms with van der Waals surface area (Å²) in [4.78, 5) is 6.95. The number of aliphatic imine (C=N–C) groups is 1. The zero-order valence-corrected chi connectivity index (χ0v) is 16.4. The van der Waals surface area contributed by atoms with Gasteiger partial charge >= 0.3 is 0 Å². The van der Waals surface area contributed by atoms with Gasteiger partial charge in [-0.3, -0.25) is 9.89 Å². The molecule has 0 spiro atoms. The van der Waals surface area contributed by atoms with Crippen LogP contribution in [0, 0.1) is 5.92 Å². The third-order valence-corrected chi connectivity index (χ3v) is 5.02. The van der Waals surface area contributed by atoms with Crippen LogP contribution in [0.2, 0.25) is 0 Å². The Morgan fingerprint density at radius 3 is 2.84 bits per heavy atom. The van der Waals surface area contributed by atoms with Gasteiger partial charge in [0.2, 0.25) is 0 Å². The molecule has 1 fully saturated rings. The Balaban J connectivity index is 1.84. The van der Waals surface area contributed by atoms with E-state index in [2.05, 4.69) is 47.4 Å². The molecule has 0 radical (unpaired) electrons. The van der Waals surface area contributed by atoms with Crippen LogP contribution in [-0.4, -0.2) is 50.2 Å². The first kappa shape index (κ1) is 19.6. The highest BCUT2D eigenvalue weighted by atomic mass is 16.5. The maximum atomic E-state index is 5.28. The molecule has 1 aromatic rings. The first-order valence-corrected chi connectivity index (χ1v) is 9.27. The number of piperidine rings is 1. The van der Waals surface area contributed by atoms with Gasteiger partial charge in [0, 0.05) is 32.2 Å². The molecule has 1 aliphatic rings. The summed E-state index contributed by atoms with van der Waals surface area (Å²) in [7, 11) is 3.51. The van der Waals surface area contributed by atoms with Crippen molar-refractivity contribution in [1.82, 2.24) is 15.5 Å². The highest BCUT2D eigenvalue weighted by Crippen LogP contribution is 2.23. The molecule has 25 heavy (non-hydrogen) atoms. The van der Waals surface area contributed by atoms with Crippen molar-refractivity contribution in [3.63, 3.8) is 0 Å². The van der Waals surface area contributed by atoms with E-state index in [9.17, 15) is 0 Å². The Hall–Kier alpha value is -1.75. The van der Waals surface area contributed by atoms with Crippen LogP contribution in [0.3, 0.4) is 0 Å². The Kier molecular flexibility index (Phi) is 7.12. The molecule has 1 unspecified atom stereocenters. The lowest BCUT2D eigenvalue weighted by atomic mass is 9.93. The zero-order chi connectivity index (χ0) is 18.3. The van der Waals surface area contributed by atoms with Crippen LogP contribution in [0.25, 0.3) is 0 Å². The van der Waals surface area contributed by atoms with E-state index in [4.69, 9.17) is 4.74 Å². The molecule has 1 aliphatic heterocycles. The van der Waals surface area contributed by atoms with E-state index in [0.717, 1.165) is 30.7 Å². The van der Waals surface area contributed by atoms with E-state index in [-0.39, 0.29) is 5.54 Å². The lowest BCUT2D eigenvalue weighted by molar-refractivity contribution is 0.0739. The zero-order valence-electron chi connectivity index (χ0n) is 16.4. The van der Waals surface area contributed by atoms with E-state index < -0.39 is 0 Å². The summed E-state index contributed by atoms with van der Waals surface area (Å²) in [5.41, 5.74) is 1.29. The van der Waals surface area contributed by atoms with Gasteiger partial charge in [0.25, 0.3) is 0 Å². The normalized spacial score (nSPS) is 19.6. The predicted molar refractivity (Wildman–Crippen MR) is 105 cm³/mol. The van der Waals surface area contributed by atoms with Crippen LogP contribution in [0.15, 0.2) is 29.3 Å². The van der Waals surface area contributed by atoms with Crippen molar-refractivity contribution in [3.05, 3.63) is 29.8 Å². The third-order valence-electron chi connectivity index (χ3n) is 5.02. The highest BCUT2D eigenvalue weighted by Gasteiger charge is 2.30. The number of ether oxygens (including phenoxy) is 1. The molecule has 1 heterocycles. The quantitative estimate of drug-likeness (QED) is 0.614. The fraction of sp³-hybridized carbons (Fsp3) is 0.650. The molecule has 0 amide bonds. The minimum atomic E-state index is 0.113. The molecule has 0 aliphatic carbocycles. The van der Waals surface area contributed by atoms with Gasteiger partial charge in [-0.1, -0.05) is 19.1 Å². The van der Waals surface area contributed by atoms with Gasteiger partial charge in [-0.2, -0.15) is 0 Å². The molecule has 1 saturated heterocycles. The standard InChI is InChI=1S/C20H34N4O/c1-16-8-7-11-24(14-16)20(2,3)15-23-19(21-4)22-13-17-9-6-10-18(12-17)25-5/h6,9-10,12,16H,7-8,11,13-15H2,1-5H3,(H2,21,22,23). The number of hydrogen-bond acceptors (Lipinski definition) is 3. The number of nitrogens with one attached hydrogen (secondary N) is 2. The molecule has 1 atom stereocenters. The summed E-state index contributed by atoms with van der Waals surface area (Å²) in [6.45, 7) is 10.9. The van der Waals surface area contributed by atoms with Crippen LogP contribution < -0.4 is 15.4 Å². The van der Waals surface area contributed by atoms with E-state index in [1.807, 2.05) is 25.2 Å². The number of hydrogen-bond donors (Lipinski definition) is 2. The summed E-state index contributed by atoms with van der Waals surface area (Å²) in [5.74, 6) is 2.50. The van der Waals surface area contributed by atoms with Gasteiger partial charge in [0.05, 0.1) is 7.11 Å². The molecule has 2 rings (SSSR count). The van der Waals surface area contributed by atoms with E-state index >= 15 is 0 Å². The van der Waals surface area contributed by atoms with Gasteiger partial charge < -0.3 is 15.4 Å². The molecule has 0 aromatic heterocycles. The van der Waals surface area contributed by atoms with Crippen molar-refractivity contribution >= 4 is 5.96 Å². The molecule has 5 nitrogen and oxygen atoms in total. The molecule has 0 bridgehead atoms. The molecule has 5 heteroatoms. The van der Waals surface area contributed by atoms with Gasteiger partial charge in [0.1, 0.15) is 5.75 Å². The fourth-order valence-electron chi connectivity index (χ4n) is 3.34. The van der Waals surface area contributed by atoms with Crippen LogP contribution in [0.5, 0.6) is 5.75 Å². The van der Waals surface area contributed by atoms with Crippen molar-refractivity contribution in [2.24, 2.45) is 10.9 Å². The summed E-state index contributed by atoms with van der Waals surface area (Å²) in [6.07, 6.45) is 2.65. The SMILES string of the molecule is CN=C(NCc1cccc(OC)c1)NCC(C)(C)N1CCCC(C)C1.